The molecule has 0 spiro atoms. The van der Waals surface area contributed by atoms with Crippen LogP contribution in [-0.2, 0) is 0 Å². The van der Waals surface area contributed by atoms with E-state index >= 15 is 0 Å². The Kier molecular flexibility index (Phi) is 7.33. The lowest BCUT2D eigenvalue weighted by Gasteiger charge is -2.04. The molecular weight excluding hydrogens is 454 g/mol. The predicted molar refractivity (Wildman–Crippen MR) is 86.8 cm³/mol. The lowest BCUT2D eigenvalue weighted by atomic mass is 10.4. The third-order valence-electron chi connectivity index (χ3n) is 1.55. The highest BCUT2D eigenvalue weighted by molar-refractivity contribution is 9.15. The molecule has 0 aromatic heterocycles. The molecule has 0 saturated carbocycles. The van der Waals surface area contributed by atoms with Crippen molar-refractivity contribution in [2.75, 3.05) is 0 Å². The summed E-state index contributed by atoms with van der Waals surface area (Å²) < 4.78 is 1.37. The quantitative estimate of drug-likeness (QED) is 0.339. The molecule has 0 aliphatic rings. The van der Waals surface area contributed by atoms with Gasteiger partial charge in [0.2, 0.25) is 0 Å². The van der Waals surface area contributed by atoms with E-state index in [1.54, 1.807) is 0 Å². The van der Waals surface area contributed by atoms with E-state index in [2.05, 4.69) is 31.9 Å². The van der Waals surface area contributed by atoms with Gasteiger partial charge in [-0.3, -0.25) is 0 Å². The van der Waals surface area contributed by atoms with E-state index in [-0.39, 0.29) is 9.52 Å². The lowest BCUT2D eigenvalue weighted by Crippen LogP contribution is -1.77. The van der Waals surface area contributed by atoms with Crippen molar-refractivity contribution in [3.8, 4) is 0 Å². The Morgan fingerprint density at radius 1 is 1.00 bits per heavy atom. The molecule has 0 bridgehead atoms. The van der Waals surface area contributed by atoms with E-state index < -0.39 is 0 Å². The molecule has 1 aromatic carbocycles. The molecular formula is C10H4Br2Cl4S. The van der Waals surface area contributed by atoms with Crippen LogP contribution in [0.5, 0.6) is 0 Å². The van der Waals surface area contributed by atoms with Crippen molar-refractivity contribution in [1.82, 2.24) is 0 Å². The Hall–Kier alpha value is 1.17. The third-order valence-corrected chi connectivity index (χ3v) is 6.34. The van der Waals surface area contributed by atoms with Crippen LogP contribution in [0.1, 0.15) is 0 Å². The zero-order chi connectivity index (χ0) is 13.0. The van der Waals surface area contributed by atoms with E-state index in [0.717, 1.165) is 8.71 Å². The van der Waals surface area contributed by atoms with Crippen LogP contribution in [0.15, 0.2) is 47.0 Å². The van der Waals surface area contributed by atoms with Crippen molar-refractivity contribution >= 4 is 90.0 Å². The van der Waals surface area contributed by atoms with Crippen LogP contribution in [0.3, 0.4) is 0 Å². The molecule has 0 unspecified atom stereocenters. The summed E-state index contributed by atoms with van der Waals surface area (Å²) in [7, 11) is 0. The molecule has 1 rings (SSSR count). The normalized spacial score (nSPS) is 12.1. The van der Waals surface area contributed by atoms with E-state index in [1.807, 2.05) is 24.3 Å². The van der Waals surface area contributed by atoms with Crippen molar-refractivity contribution in [1.29, 1.82) is 0 Å². The molecule has 0 heterocycles. The van der Waals surface area contributed by atoms with Gasteiger partial charge in [0.1, 0.15) is 4.49 Å². The Labute approximate surface area is 141 Å². The molecule has 0 fully saturated rings. The first-order chi connectivity index (χ1) is 7.91. The first-order valence-electron chi connectivity index (χ1n) is 4.11. The topological polar surface area (TPSA) is 0 Å². The highest BCUT2D eigenvalue weighted by Crippen LogP contribution is 2.41. The number of hydrogen-bond acceptors (Lipinski definition) is 1. The Morgan fingerprint density at radius 3 is 2.00 bits per heavy atom. The number of allylic oxidation sites excluding steroid dienone is 2. The summed E-state index contributed by atoms with van der Waals surface area (Å²) in [5, 5.41) is 0.942. The summed E-state index contributed by atoms with van der Waals surface area (Å²) in [6.45, 7) is 0. The van der Waals surface area contributed by atoms with Crippen LogP contribution >= 0.6 is 90.0 Å². The van der Waals surface area contributed by atoms with Crippen LogP contribution in [0.4, 0.5) is 0 Å². The molecule has 7 heteroatoms. The zero-order valence-corrected chi connectivity index (χ0v) is 15.0. The second-order valence-corrected chi connectivity index (χ2v) is 7.68. The molecule has 0 amide bonds. The standard InChI is InChI=1S/C10H4Br2Cl4S/c11-7(8(14)10(15)16)9(12)17-6-3-1-5(13)2-4-6/h1-4H. The van der Waals surface area contributed by atoms with Gasteiger partial charge in [0.25, 0.3) is 0 Å². The van der Waals surface area contributed by atoms with Crippen LogP contribution in [-0.4, -0.2) is 0 Å². The van der Waals surface area contributed by atoms with Gasteiger partial charge in [-0.1, -0.05) is 58.2 Å². The predicted octanol–water partition coefficient (Wildman–Crippen LogP) is 7.28. The number of benzene rings is 1. The van der Waals surface area contributed by atoms with Crippen LogP contribution < -0.4 is 0 Å². The minimum Gasteiger partial charge on any atom is -0.0843 e. The maximum atomic E-state index is 5.90. The largest absolute Gasteiger partial charge is 0.126 e. The Morgan fingerprint density at radius 2 is 1.53 bits per heavy atom. The van der Waals surface area contributed by atoms with Crippen LogP contribution in [0, 0.1) is 0 Å². The molecule has 0 N–H and O–H groups in total. The highest BCUT2D eigenvalue weighted by atomic mass is 79.9. The van der Waals surface area contributed by atoms with Gasteiger partial charge in [-0.05, 0) is 56.1 Å². The first-order valence-corrected chi connectivity index (χ1v) is 8.03. The number of hydrogen-bond donors (Lipinski definition) is 0. The average Bonchev–Trinajstić information content (AvgIpc) is 2.30. The van der Waals surface area contributed by atoms with E-state index in [0.29, 0.717) is 9.51 Å². The van der Waals surface area contributed by atoms with Gasteiger partial charge in [-0.25, -0.2) is 0 Å². The van der Waals surface area contributed by atoms with Gasteiger partial charge in [0.05, 0.1) is 13.3 Å². The first kappa shape index (κ1) is 16.2. The van der Waals surface area contributed by atoms with Crippen LogP contribution in [0.25, 0.3) is 0 Å². The zero-order valence-electron chi connectivity index (χ0n) is 7.99. The molecule has 0 atom stereocenters. The SMILES string of the molecule is ClC(Cl)=C(Cl)C(Br)=C(Br)Sc1ccc(Cl)cc1. The van der Waals surface area contributed by atoms with Gasteiger partial charge < -0.3 is 0 Å². The van der Waals surface area contributed by atoms with Crippen LogP contribution in [0.2, 0.25) is 5.02 Å². The third kappa shape index (κ3) is 5.35. The molecule has 0 radical (unpaired) electrons. The Bertz CT molecular complexity index is 464. The monoisotopic (exact) mass is 454 g/mol. The second kappa shape index (κ2) is 7.68. The van der Waals surface area contributed by atoms with Gasteiger partial charge >= 0.3 is 0 Å². The highest BCUT2D eigenvalue weighted by Gasteiger charge is 2.10. The fourth-order valence-corrected chi connectivity index (χ4v) is 3.50. The molecule has 0 aliphatic heterocycles. The second-order valence-electron chi connectivity index (χ2n) is 2.72. The fourth-order valence-electron chi connectivity index (χ4n) is 0.820. The van der Waals surface area contributed by atoms with Gasteiger partial charge in [-0.15, -0.1) is 0 Å². The molecule has 0 nitrogen and oxygen atoms in total. The number of halogens is 6. The number of rotatable bonds is 3. The Balaban J connectivity index is 2.92. The fraction of sp³-hybridized carbons (Fsp3) is 0. The molecule has 0 saturated heterocycles. The van der Waals surface area contributed by atoms with E-state index in [4.69, 9.17) is 46.4 Å². The van der Waals surface area contributed by atoms with Gasteiger partial charge in [-0.2, -0.15) is 0 Å². The smallest absolute Gasteiger partial charge is 0.0843 e. The maximum absolute atomic E-state index is 5.90. The minimum absolute atomic E-state index is 0.00666. The summed E-state index contributed by atoms with van der Waals surface area (Å²) in [6.07, 6.45) is 0. The molecule has 0 aliphatic carbocycles. The van der Waals surface area contributed by atoms with Crippen molar-refractivity contribution in [2.45, 2.75) is 4.90 Å². The molecule has 92 valence electrons. The molecule has 1 aromatic rings. The van der Waals surface area contributed by atoms with Gasteiger partial charge in [0, 0.05) is 9.92 Å². The minimum atomic E-state index is 0.00666. The summed E-state index contributed by atoms with van der Waals surface area (Å²) in [5.74, 6) is 0. The maximum Gasteiger partial charge on any atom is 0.126 e. The molecule has 17 heavy (non-hydrogen) atoms. The summed E-state index contributed by atoms with van der Waals surface area (Å²) in [4.78, 5) is 1.01. The van der Waals surface area contributed by atoms with Crippen molar-refractivity contribution in [3.63, 3.8) is 0 Å². The summed E-state index contributed by atoms with van der Waals surface area (Å²) in [6, 6.07) is 7.41. The summed E-state index contributed by atoms with van der Waals surface area (Å²) in [5.41, 5.74) is 0. The van der Waals surface area contributed by atoms with E-state index in [1.165, 1.54) is 11.8 Å². The van der Waals surface area contributed by atoms with Crippen molar-refractivity contribution in [3.05, 3.63) is 47.1 Å². The number of thioether (sulfide) groups is 1. The lowest BCUT2D eigenvalue weighted by molar-refractivity contribution is 1.47. The van der Waals surface area contributed by atoms with Gasteiger partial charge in [0.15, 0.2) is 0 Å². The summed E-state index contributed by atoms with van der Waals surface area (Å²) >= 11 is 31.0. The average molecular weight is 458 g/mol. The van der Waals surface area contributed by atoms with Crippen molar-refractivity contribution < 1.29 is 0 Å². The van der Waals surface area contributed by atoms with Crippen molar-refractivity contribution in [2.24, 2.45) is 0 Å². The van der Waals surface area contributed by atoms with E-state index in [9.17, 15) is 0 Å².